The van der Waals surface area contributed by atoms with Gasteiger partial charge < -0.3 is 10.2 Å². The van der Waals surface area contributed by atoms with E-state index in [9.17, 15) is 4.79 Å². The molecule has 0 bridgehead atoms. The van der Waals surface area contributed by atoms with Crippen molar-refractivity contribution in [2.45, 2.75) is 51.3 Å². The van der Waals surface area contributed by atoms with Gasteiger partial charge in [-0.25, -0.2) is 0 Å². The second-order valence-corrected chi connectivity index (χ2v) is 8.48. The van der Waals surface area contributed by atoms with E-state index in [-0.39, 0.29) is 5.91 Å². The number of carbonyl (C=O) groups excluding carboxylic acids is 1. The van der Waals surface area contributed by atoms with Crippen molar-refractivity contribution >= 4 is 51.2 Å². The van der Waals surface area contributed by atoms with Crippen LogP contribution in [0.4, 0.5) is 22.2 Å². The van der Waals surface area contributed by atoms with E-state index >= 15 is 0 Å². The first-order valence-electron chi connectivity index (χ1n) is 9.68. The first-order valence-corrected chi connectivity index (χ1v) is 11.5. The van der Waals surface area contributed by atoms with E-state index in [0.717, 1.165) is 41.7 Å². The molecule has 1 aromatic heterocycles. The van der Waals surface area contributed by atoms with Crippen molar-refractivity contribution in [3.8, 4) is 0 Å². The molecule has 1 amide bonds. The SMILES string of the molecule is CCCCC(=O)Nc1cc(N(CC)CC)ccc1N=Nc1nnc(SCC)s1. The minimum atomic E-state index is -0.00690. The molecular formula is C19H28N6OS2. The van der Waals surface area contributed by atoms with Crippen LogP contribution in [-0.2, 0) is 4.79 Å². The molecule has 2 aromatic rings. The van der Waals surface area contributed by atoms with Gasteiger partial charge in [0, 0.05) is 25.2 Å². The van der Waals surface area contributed by atoms with Gasteiger partial charge in [-0.3, -0.25) is 4.79 Å². The van der Waals surface area contributed by atoms with Crippen LogP contribution in [0.25, 0.3) is 0 Å². The highest BCUT2D eigenvalue weighted by molar-refractivity contribution is 8.01. The average Bonchev–Trinajstić information content (AvgIpc) is 3.14. The summed E-state index contributed by atoms with van der Waals surface area (Å²) in [6, 6.07) is 5.85. The minimum absolute atomic E-state index is 0.00690. The van der Waals surface area contributed by atoms with Crippen molar-refractivity contribution in [3.05, 3.63) is 18.2 Å². The second kappa shape index (κ2) is 11.8. The Morgan fingerprint density at radius 3 is 2.64 bits per heavy atom. The maximum Gasteiger partial charge on any atom is 0.252 e. The molecule has 1 N–H and O–H groups in total. The topological polar surface area (TPSA) is 82.8 Å². The summed E-state index contributed by atoms with van der Waals surface area (Å²) in [6.07, 6.45) is 2.34. The number of carbonyl (C=O) groups is 1. The van der Waals surface area contributed by atoms with E-state index in [1.54, 1.807) is 11.8 Å². The number of hydrogen-bond donors (Lipinski definition) is 1. The third-order valence-electron chi connectivity index (χ3n) is 4.05. The highest BCUT2D eigenvalue weighted by Gasteiger charge is 2.11. The molecule has 0 fully saturated rings. The fourth-order valence-electron chi connectivity index (χ4n) is 2.57. The molecule has 2 rings (SSSR count). The highest BCUT2D eigenvalue weighted by atomic mass is 32.2. The minimum Gasteiger partial charge on any atom is -0.372 e. The summed E-state index contributed by atoms with van der Waals surface area (Å²) in [4.78, 5) is 14.5. The van der Waals surface area contributed by atoms with Crippen molar-refractivity contribution in [3.63, 3.8) is 0 Å². The molecule has 0 aliphatic heterocycles. The van der Waals surface area contributed by atoms with Gasteiger partial charge in [0.05, 0.1) is 5.69 Å². The lowest BCUT2D eigenvalue weighted by Crippen LogP contribution is -2.22. The Balaban J connectivity index is 2.26. The summed E-state index contributed by atoms with van der Waals surface area (Å²) in [5.41, 5.74) is 2.33. The Labute approximate surface area is 175 Å². The Morgan fingerprint density at radius 1 is 1.18 bits per heavy atom. The number of benzene rings is 1. The number of azo groups is 1. The summed E-state index contributed by atoms with van der Waals surface area (Å²) < 4.78 is 0.876. The predicted octanol–water partition coefficient (Wildman–Crippen LogP) is 6.04. The molecule has 0 aliphatic carbocycles. The number of nitrogens with one attached hydrogen (secondary N) is 1. The second-order valence-electron chi connectivity index (χ2n) is 6.01. The van der Waals surface area contributed by atoms with Gasteiger partial charge in [0.15, 0.2) is 4.34 Å². The fourth-order valence-corrected chi connectivity index (χ4v) is 4.13. The van der Waals surface area contributed by atoms with Crippen LogP contribution in [0, 0.1) is 0 Å². The molecule has 152 valence electrons. The summed E-state index contributed by atoms with van der Waals surface area (Å²) in [6.45, 7) is 10.1. The molecule has 0 saturated heterocycles. The van der Waals surface area contributed by atoms with Crippen LogP contribution in [0.2, 0.25) is 0 Å². The third kappa shape index (κ3) is 6.56. The summed E-state index contributed by atoms with van der Waals surface area (Å²) in [7, 11) is 0. The van der Waals surface area contributed by atoms with Gasteiger partial charge in [-0.1, -0.05) is 43.4 Å². The van der Waals surface area contributed by atoms with Crippen LogP contribution in [0.15, 0.2) is 32.8 Å². The van der Waals surface area contributed by atoms with Crippen LogP contribution in [-0.4, -0.2) is 34.9 Å². The zero-order chi connectivity index (χ0) is 20.4. The quantitative estimate of drug-likeness (QED) is 0.354. The Kier molecular flexibility index (Phi) is 9.36. The summed E-state index contributed by atoms with van der Waals surface area (Å²) in [5.74, 6) is 0.930. The molecule has 1 aromatic carbocycles. The normalized spacial score (nSPS) is 11.1. The number of thioether (sulfide) groups is 1. The van der Waals surface area contributed by atoms with Gasteiger partial charge in [0.2, 0.25) is 5.91 Å². The van der Waals surface area contributed by atoms with Crippen molar-refractivity contribution in [2.24, 2.45) is 10.2 Å². The molecule has 0 radical (unpaired) electrons. The van der Waals surface area contributed by atoms with Gasteiger partial charge in [-0.2, -0.15) is 0 Å². The number of aromatic nitrogens is 2. The fraction of sp³-hybridized carbons (Fsp3) is 0.526. The van der Waals surface area contributed by atoms with E-state index in [0.29, 0.717) is 22.9 Å². The molecule has 7 nitrogen and oxygen atoms in total. The third-order valence-corrected chi connectivity index (χ3v) is 5.87. The van der Waals surface area contributed by atoms with Gasteiger partial charge in [0.25, 0.3) is 5.13 Å². The zero-order valence-electron chi connectivity index (χ0n) is 16.9. The van der Waals surface area contributed by atoms with Crippen LogP contribution < -0.4 is 10.2 Å². The van der Waals surface area contributed by atoms with E-state index in [1.807, 2.05) is 18.2 Å². The van der Waals surface area contributed by atoms with Crippen molar-refractivity contribution in [1.82, 2.24) is 10.2 Å². The number of hydrogen-bond acceptors (Lipinski definition) is 8. The van der Waals surface area contributed by atoms with E-state index in [2.05, 4.69) is 58.3 Å². The van der Waals surface area contributed by atoms with Crippen LogP contribution >= 0.6 is 23.1 Å². The number of rotatable bonds is 11. The molecule has 1 heterocycles. The first-order chi connectivity index (χ1) is 13.6. The number of nitrogens with zero attached hydrogens (tertiary/aromatic N) is 5. The standard InChI is InChI=1S/C19H28N6OS2/c1-5-9-10-17(26)20-16-13-14(25(6-2)7-3)11-12-15(16)21-22-18-23-24-19(28-18)27-8-4/h11-13H,5-10H2,1-4H3,(H,20,26). The highest BCUT2D eigenvalue weighted by Crippen LogP contribution is 2.33. The number of amides is 1. The lowest BCUT2D eigenvalue weighted by atomic mass is 10.2. The maximum absolute atomic E-state index is 12.3. The van der Waals surface area contributed by atoms with E-state index in [1.165, 1.54) is 11.3 Å². The molecule has 0 atom stereocenters. The zero-order valence-corrected chi connectivity index (χ0v) is 18.6. The van der Waals surface area contributed by atoms with Crippen molar-refractivity contribution < 1.29 is 4.79 Å². The molecular weight excluding hydrogens is 392 g/mol. The molecule has 0 aliphatic rings. The number of unbranched alkanes of at least 4 members (excludes halogenated alkanes) is 1. The average molecular weight is 421 g/mol. The van der Waals surface area contributed by atoms with E-state index < -0.39 is 0 Å². The molecule has 28 heavy (non-hydrogen) atoms. The van der Waals surface area contributed by atoms with Crippen LogP contribution in [0.5, 0.6) is 0 Å². The summed E-state index contributed by atoms with van der Waals surface area (Å²) >= 11 is 3.04. The lowest BCUT2D eigenvalue weighted by Gasteiger charge is -2.22. The molecule has 9 heteroatoms. The molecule has 0 spiro atoms. The molecule has 0 saturated carbocycles. The van der Waals surface area contributed by atoms with Crippen LogP contribution in [0.3, 0.4) is 0 Å². The molecule has 0 unspecified atom stereocenters. The van der Waals surface area contributed by atoms with Gasteiger partial charge in [-0.05, 0) is 44.2 Å². The van der Waals surface area contributed by atoms with Gasteiger partial charge in [0.1, 0.15) is 5.69 Å². The van der Waals surface area contributed by atoms with Crippen molar-refractivity contribution in [1.29, 1.82) is 0 Å². The maximum atomic E-state index is 12.3. The predicted molar refractivity (Wildman–Crippen MR) is 119 cm³/mol. The Hall–Kier alpha value is -2.00. The van der Waals surface area contributed by atoms with Gasteiger partial charge in [-0.15, -0.1) is 20.4 Å². The Morgan fingerprint density at radius 2 is 1.96 bits per heavy atom. The van der Waals surface area contributed by atoms with Crippen molar-refractivity contribution in [2.75, 3.05) is 29.1 Å². The van der Waals surface area contributed by atoms with E-state index in [4.69, 9.17) is 0 Å². The lowest BCUT2D eigenvalue weighted by molar-refractivity contribution is -0.116. The smallest absolute Gasteiger partial charge is 0.252 e. The number of anilines is 2. The van der Waals surface area contributed by atoms with Crippen LogP contribution in [0.1, 0.15) is 47.0 Å². The van der Waals surface area contributed by atoms with Gasteiger partial charge >= 0.3 is 0 Å². The monoisotopic (exact) mass is 420 g/mol. The Bertz CT molecular complexity index is 788. The first kappa shape index (κ1) is 22.3. The summed E-state index contributed by atoms with van der Waals surface area (Å²) in [5, 5.41) is 20.2. The largest absolute Gasteiger partial charge is 0.372 e.